The van der Waals surface area contributed by atoms with Crippen molar-refractivity contribution in [3.05, 3.63) is 29.8 Å². The summed E-state index contributed by atoms with van der Waals surface area (Å²) in [5.41, 5.74) is 7.12. The molecule has 3 atom stereocenters. The SMILES string of the molecule is CC(O)C(C)SCC(O)c1ccc(N)cc1. The summed E-state index contributed by atoms with van der Waals surface area (Å²) in [4.78, 5) is 0. The van der Waals surface area contributed by atoms with Crippen LogP contribution < -0.4 is 5.73 Å². The van der Waals surface area contributed by atoms with Gasteiger partial charge in [0.05, 0.1) is 12.2 Å². The smallest absolute Gasteiger partial charge is 0.0880 e. The molecule has 0 spiro atoms. The highest BCUT2D eigenvalue weighted by molar-refractivity contribution is 7.99. The molecule has 90 valence electrons. The van der Waals surface area contributed by atoms with Gasteiger partial charge in [-0.05, 0) is 24.6 Å². The predicted molar refractivity (Wildman–Crippen MR) is 69.4 cm³/mol. The molecule has 0 saturated carbocycles. The van der Waals surface area contributed by atoms with E-state index in [0.717, 1.165) is 5.56 Å². The Balaban J connectivity index is 2.46. The van der Waals surface area contributed by atoms with Crippen LogP contribution in [0.2, 0.25) is 0 Å². The summed E-state index contributed by atoms with van der Waals surface area (Å²) < 4.78 is 0. The van der Waals surface area contributed by atoms with Crippen LogP contribution in [0, 0.1) is 0 Å². The highest BCUT2D eigenvalue weighted by atomic mass is 32.2. The van der Waals surface area contributed by atoms with Crippen LogP contribution in [-0.2, 0) is 0 Å². The second-order valence-corrected chi connectivity index (χ2v) is 5.37. The van der Waals surface area contributed by atoms with E-state index in [1.807, 2.05) is 19.1 Å². The highest BCUT2D eigenvalue weighted by Gasteiger charge is 2.13. The number of rotatable bonds is 5. The van der Waals surface area contributed by atoms with Gasteiger partial charge in [-0.15, -0.1) is 0 Å². The molecular formula is C12H19NO2S. The van der Waals surface area contributed by atoms with Crippen LogP contribution in [-0.4, -0.2) is 27.3 Å². The maximum atomic E-state index is 9.90. The number of nitrogens with two attached hydrogens (primary N) is 1. The summed E-state index contributed by atoms with van der Waals surface area (Å²) in [6.45, 7) is 3.71. The maximum Gasteiger partial charge on any atom is 0.0880 e. The molecule has 0 amide bonds. The summed E-state index contributed by atoms with van der Waals surface area (Å²) >= 11 is 1.56. The molecule has 0 bridgehead atoms. The number of aliphatic hydroxyl groups is 2. The number of benzene rings is 1. The van der Waals surface area contributed by atoms with Crippen LogP contribution >= 0.6 is 11.8 Å². The Morgan fingerprint density at radius 3 is 2.25 bits per heavy atom. The fourth-order valence-electron chi connectivity index (χ4n) is 1.20. The monoisotopic (exact) mass is 241 g/mol. The maximum absolute atomic E-state index is 9.90. The van der Waals surface area contributed by atoms with Gasteiger partial charge in [0.15, 0.2) is 0 Å². The summed E-state index contributed by atoms with van der Waals surface area (Å²) in [5, 5.41) is 19.3. The largest absolute Gasteiger partial charge is 0.399 e. The molecule has 1 aromatic rings. The van der Waals surface area contributed by atoms with Crippen molar-refractivity contribution >= 4 is 17.4 Å². The lowest BCUT2D eigenvalue weighted by Gasteiger charge is -2.17. The molecule has 1 aromatic carbocycles. The quantitative estimate of drug-likeness (QED) is 0.688. The minimum Gasteiger partial charge on any atom is -0.399 e. The normalized spacial score (nSPS) is 16.8. The second-order valence-electron chi connectivity index (χ2n) is 3.96. The Morgan fingerprint density at radius 1 is 1.19 bits per heavy atom. The van der Waals surface area contributed by atoms with Gasteiger partial charge in [0, 0.05) is 16.7 Å². The Bertz CT molecular complexity index is 313. The third kappa shape index (κ3) is 4.04. The standard InChI is InChI=1S/C12H19NO2S/c1-8(14)9(2)16-7-12(15)10-3-5-11(13)6-4-10/h3-6,8-9,12,14-15H,7,13H2,1-2H3. The molecule has 4 N–H and O–H groups in total. The first-order valence-corrected chi connectivity index (χ1v) is 6.38. The average Bonchev–Trinajstić information content (AvgIpc) is 2.26. The Kier molecular flexibility index (Phi) is 5.12. The van der Waals surface area contributed by atoms with E-state index < -0.39 is 6.10 Å². The third-order valence-corrected chi connectivity index (χ3v) is 3.95. The van der Waals surface area contributed by atoms with E-state index in [9.17, 15) is 10.2 Å². The first kappa shape index (κ1) is 13.4. The van der Waals surface area contributed by atoms with Crippen molar-refractivity contribution in [3.63, 3.8) is 0 Å². The minimum atomic E-state index is -0.508. The van der Waals surface area contributed by atoms with Crippen molar-refractivity contribution in [2.24, 2.45) is 0 Å². The zero-order chi connectivity index (χ0) is 12.1. The number of hydrogen-bond acceptors (Lipinski definition) is 4. The minimum absolute atomic E-state index is 0.128. The van der Waals surface area contributed by atoms with E-state index in [4.69, 9.17) is 5.73 Å². The summed E-state index contributed by atoms with van der Waals surface area (Å²) in [5.74, 6) is 0.579. The van der Waals surface area contributed by atoms with E-state index >= 15 is 0 Å². The van der Waals surface area contributed by atoms with Crippen molar-refractivity contribution in [2.75, 3.05) is 11.5 Å². The highest BCUT2D eigenvalue weighted by Crippen LogP contribution is 2.23. The molecule has 3 unspecified atom stereocenters. The first-order valence-electron chi connectivity index (χ1n) is 5.34. The molecule has 0 aliphatic heterocycles. The van der Waals surface area contributed by atoms with Gasteiger partial charge < -0.3 is 15.9 Å². The molecular weight excluding hydrogens is 222 g/mol. The average molecular weight is 241 g/mol. The number of thioether (sulfide) groups is 1. The molecule has 16 heavy (non-hydrogen) atoms. The van der Waals surface area contributed by atoms with Crippen molar-refractivity contribution in [1.82, 2.24) is 0 Å². The van der Waals surface area contributed by atoms with Gasteiger partial charge in [0.1, 0.15) is 0 Å². The molecule has 0 saturated heterocycles. The Morgan fingerprint density at radius 2 is 1.75 bits per heavy atom. The number of anilines is 1. The molecule has 0 aliphatic carbocycles. The van der Waals surface area contributed by atoms with E-state index in [1.165, 1.54) is 0 Å². The summed E-state index contributed by atoms with van der Waals surface area (Å²) in [6.07, 6.45) is -0.865. The van der Waals surface area contributed by atoms with Crippen LogP contribution in [0.5, 0.6) is 0 Å². The van der Waals surface area contributed by atoms with Crippen LogP contribution in [0.15, 0.2) is 24.3 Å². The van der Waals surface area contributed by atoms with Gasteiger partial charge in [0.2, 0.25) is 0 Å². The van der Waals surface area contributed by atoms with Gasteiger partial charge >= 0.3 is 0 Å². The molecule has 4 heteroatoms. The van der Waals surface area contributed by atoms with Crippen LogP contribution in [0.1, 0.15) is 25.5 Å². The van der Waals surface area contributed by atoms with E-state index in [0.29, 0.717) is 11.4 Å². The first-order chi connectivity index (χ1) is 7.50. The molecule has 0 heterocycles. The summed E-state index contributed by atoms with van der Waals surface area (Å²) in [6, 6.07) is 7.21. The van der Waals surface area contributed by atoms with Crippen molar-refractivity contribution in [3.8, 4) is 0 Å². The van der Waals surface area contributed by atoms with E-state index in [1.54, 1.807) is 30.8 Å². The molecule has 0 radical (unpaired) electrons. The Labute approximate surface area is 101 Å². The van der Waals surface area contributed by atoms with E-state index in [-0.39, 0.29) is 11.4 Å². The van der Waals surface area contributed by atoms with Crippen molar-refractivity contribution < 1.29 is 10.2 Å². The van der Waals surface area contributed by atoms with Gasteiger partial charge in [-0.2, -0.15) is 11.8 Å². The zero-order valence-electron chi connectivity index (χ0n) is 9.63. The van der Waals surface area contributed by atoms with Crippen LogP contribution in [0.25, 0.3) is 0 Å². The molecule has 0 fully saturated rings. The second kappa shape index (κ2) is 6.13. The topological polar surface area (TPSA) is 66.5 Å². The molecule has 0 aliphatic rings. The van der Waals surface area contributed by atoms with Crippen molar-refractivity contribution in [1.29, 1.82) is 0 Å². The van der Waals surface area contributed by atoms with Crippen LogP contribution in [0.3, 0.4) is 0 Å². The van der Waals surface area contributed by atoms with Gasteiger partial charge in [-0.3, -0.25) is 0 Å². The molecule has 3 nitrogen and oxygen atoms in total. The fraction of sp³-hybridized carbons (Fsp3) is 0.500. The van der Waals surface area contributed by atoms with Crippen molar-refractivity contribution in [2.45, 2.75) is 31.3 Å². The predicted octanol–water partition coefficient (Wildman–Crippen LogP) is 1.80. The third-order valence-electron chi connectivity index (χ3n) is 2.52. The van der Waals surface area contributed by atoms with E-state index in [2.05, 4.69) is 0 Å². The lowest BCUT2D eigenvalue weighted by molar-refractivity contribution is 0.192. The zero-order valence-corrected chi connectivity index (χ0v) is 10.4. The number of hydrogen-bond donors (Lipinski definition) is 3. The molecule has 0 aromatic heterocycles. The van der Waals surface area contributed by atoms with Gasteiger partial charge in [0.25, 0.3) is 0 Å². The lowest BCUT2D eigenvalue weighted by atomic mass is 10.1. The summed E-state index contributed by atoms with van der Waals surface area (Å²) in [7, 11) is 0. The Hall–Kier alpha value is -0.710. The van der Waals surface area contributed by atoms with Gasteiger partial charge in [-0.25, -0.2) is 0 Å². The fourth-order valence-corrected chi connectivity index (χ4v) is 2.15. The van der Waals surface area contributed by atoms with Gasteiger partial charge in [-0.1, -0.05) is 19.1 Å². The lowest BCUT2D eigenvalue weighted by Crippen LogP contribution is -2.17. The van der Waals surface area contributed by atoms with Crippen LogP contribution in [0.4, 0.5) is 5.69 Å². The number of nitrogen functional groups attached to an aromatic ring is 1. The number of aliphatic hydroxyl groups excluding tert-OH is 2. The molecule has 1 rings (SSSR count).